The van der Waals surface area contributed by atoms with E-state index in [4.69, 9.17) is 20.2 Å². The standard InChI is InChI=1S/C40H72O4Si2/c1-12-45(13-2,14-3)43-34-25-33(30(7)36(26-34)44-46(15-4,16-5)17-6)21-20-32-19-18-24-39(10)35(32)22-23-37(39)40(11)28-31(29-42-40)27-38(8,9)41/h20-21,31,34-37,41H,7,12-19,22-29H2,1-6,8-11H3/t31-,34-,35+,36+,37+,39+,40+/m1/s1. The zero-order valence-electron chi connectivity index (χ0n) is 31.7. The van der Waals surface area contributed by atoms with Crippen molar-refractivity contribution in [2.45, 2.75) is 187 Å². The van der Waals surface area contributed by atoms with E-state index < -0.39 is 22.2 Å². The fourth-order valence-electron chi connectivity index (χ4n) is 10.6. The molecular weight excluding hydrogens is 601 g/mol. The number of rotatable bonds is 14. The second-order valence-electron chi connectivity index (χ2n) is 17.0. The Labute approximate surface area is 286 Å². The van der Waals surface area contributed by atoms with Crippen molar-refractivity contribution in [1.82, 2.24) is 0 Å². The molecular formula is C40H72O4Si2. The molecule has 264 valence electrons. The van der Waals surface area contributed by atoms with Gasteiger partial charge in [0.05, 0.1) is 30.0 Å². The minimum absolute atomic E-state index is 0.0796. The van der Waals surface area contributed by atoms with Crippen LogP contribution in [0, 0.1) is 23.2 Å². The quantitative estimate of drug-likeness (QED) is 0.187. The summed E-state index contributed by atoms with van der Waals surface area (Å²) in [6, 6.07) is 7.06. The molecule has 4 fully saturated rings. The zero-order valence-corrected chi connectivity index (χ0v) is 33.7. The molecule has 0 aromatic carbocycles. The number of fused-ring (bicyclic) bond motifs is 1. The number of allylic oxidation sites excluding steroid dienone is 3. The molecule has 4 aliphatic rings. The van der Waals surface area contributed by atoms with Crippen LogP contribution < -0.4 is 0 Å². The first-order valence-electron chi connectivity index (χ1n) is 19.5. The molecule has 1 heterocycles. The van der Waals surface area contributed by atoms with Crippen molar-refractivity contribution in [1.29, 1.82) is 0 Å². The number of ether oxygens (including phenoxy) is 1. The molecule has 7 atom stereocenters. The van der Waals surface area contributed by atoms with Crippen molar-refractivity contribution in [2.75, 3.05) is 6.61 Å². The van der Waals surface area contributed by atoms with Gasteiger partial charge >= 0.3 is 0 Å². The molecule has 1 N–H and O–H groups in total. The van der Waals surface area contributed by atoms with E-state index >= 15 is 0 Å². The van der Waals surface area contributed by atoms with Crippen molar-refractivity contribution in [3.05, 3.63) is 35.5 Å². The summed E-state index contributed by atoms with van der Waals surface area (Å²) in [5.41, 5.74) is 3.78. The van der Waals surface area contributed by atoms with E-state index in [1.54, 1.807) is 5.57 Å². The lowest BCUT2D eigenvalue weighted by molar-refractivity contribution is -0.0753. The van der Waals surface area contributed by atoms with Crippen LogP contribution in [0.25, 0.3) is 0 Å². The lowest BCUT2D eigenvalue weighted by Crippen LogP contribution is -2.46. The van der Waals surface area contributed by atoms with E-state index in [9.17, 15) is 5.11 Å². The molecule has 4 rings (SSSR count). The molecule has 0 aromatic heterocycles. The molecule has 46 heavy (non-hydrogen) atoms. The van der Waals surface area contributed by atoms with Crippen molar-refractivity contribution in [3.8, 4) is 0 Å². The van der Waals surface area contributed by atoms with Gasteiger partial charge in [0.15, 0.2) is 16.6 Å². The number of hydrogen-bond donors (Lipinski definition) is 1. The van der Waals surface area contributed by atoms with E-state index in [0.29, 0.717) is 17.8 Å². The van der Waals surface area contributed by atoms with Crippen molar-refractivity contribution in [3.63, 3.8) is 0 Å². The van der Waals surface area contributed by atoms with Gasteiger partial charge in [-0.25, -0.2) is 0 Å². The maximum absolute atomic E-state index is 10.5. The monoisotopic (exact) mass is 672 g/mol. The maximum Gasteiger partial charge on any atom is 0.192 e. The highest BCUT2D eigenvalue weighted by molar-refractivity contribution is 6.74. The third-order valence-corrected chi connectivity index (χ3v) is 23.1. The summed E-state index contributed by atoms with van der Waals surface area (Å²) in [5.74, 6) is 1.63. The topological polar surface area (TPSA) is 47.9 Å². The van der Waals surface area contributed by atoms with Crippen LogP contribution in [0.2, 0.25) is 36.3 Å². The minimum atomic E-state index is -1.79. The van der Waals surface area contributed by atoms with E-state index in [0.717, 1.165) is 32.3 Å². The average molecular weight is 673 g/mol. The van der Waals surface area contributed by atoms with Gasteiger partial charge in [0.1, 0.15) is 0 Å². The Kier molecular flexibility index (Phi) is 12.6. The summed E-state index contributed by atoms with van der Waals surface area (Å²) in [6.45, 7) is 28.4. The SMILES string of the molecule is C=C1C(=CC=C2CCC[C@@]3(C)[C@H]2CC[C@@H]3[C@]2(C)C[C@@H](CC(C)(C)O)CO2)C[C@@H](O[Si](CC)(CC)CC)C[C@@H]1O[Si](CC)(CC)CC. The first kappa shape index (κ1) is 38.3. The van der Waals surface area contributed by atoms with Crippen molar-refractivity contribution < 1.29 is 18.7 Å². The van der Waals surface area contributed by atoms with Crippen LogP contribution in [0.15, 0.2) is 35.5 Å². The number of aliphatic hydroxyl groups is 1. The molecule has 3 saturated carbocycles. The van der Waals surface area contributed by atoms with E-state index in [1.165, 1.54) is 79.5 Å². The van der Waals surface area contributed by atoms with E-state index in [1.807, 2.05) is 13.8 Å². The molecule has 0 bridgehead atoms. The molecule has 0 aromatic rings. The molecule has 0 unspecified atom stereocenters. The Hall–Kier alpha value is -0.506. The van der Waals surface area contributed by atoms with Crippen LogP contribution in [-0.2, 0) is 13.6 Å². The van der Waals surface area contributed by atoms with Gasteiger partial charge in [-0.1, -0.05) is 72.8 Å². The van der Waals surface area contributed by atoms with E-state index in [2.05, 4.69) is 67.5 Å². The Morgan fingerprint density at radius 1 is 0.935 bits per heavy atom. The summed E-state index contributed by atoms with van der Waals surface area (Å²) < 4.78 is 21.1. The first-order chi connectivity index (χ1) is 21.6. The van der Waals surface area contributed by atoms with Crippen LogP contribution in [0.4, 0.5) is 0 Å². The lowest BCUT2D eigenvalue weighted by atomic mass is 9.59. The van der Waals surface area contributed by atoms with E-state index in [-0.39, 0.29) is 23.2 Å². The second kappa shape index (κ2) is 15.2. The molecule has 1 saturated heterocycles. The smallest absolute Gasteiger partial charge is 0.192 e. The summed E-state index contributed by atoms with van der Waals surface area (Å²) in [7, 11) is -3.53. The van der Waals surface area contributed by atoms with Gasteiger partial charge in [-0.3, -0.25) is 0 Å². The van der Waals surface area contributed by atoms with Gasteiger partial charge in [-0.2, -0.15) is 0 Å². The maximum atomic E-state index is 10.5. The molecule has 6 heteroatoms. The largest absolute Gasteiger partial charge is 0.413 e. The normalized spacial score (nSPS) is 36.2. The van der Waals surface area contributed by atoms with Crippen LogP contribution in [0.1, 0.15) is 127 Å². The third-order valence-electron chi connectivity index (χ3n) is 13.7. The van der Waals surface area contributed by atoms with Gasteiger partial charge in [-0.15, -0.1) is 0 Å². The molecule has 3 aliphatic carbocycles. The van der Waals surface area contributed by atoms with Crippen LogP contribution in [0.5, 0.6) is 0 Å². The van der Waals surface area contributed by atoms with Crippen LogP contribution in [0.3, 0.4) is 0 Å². The summed E-state index contributed by atoms with van der Waals surface area (Å²) in [6.07, 6.45) is 15.4. The van der Waals surface area contributed by atoms with Gasteiger partial charge < -0.3 is 18.7 Å². The summed E-state index contributed by atoms with van der Waals surface area (Å²) in [5, 5.41) is 10.5. The molecule has 0 radical (unpaired) electrons. The molecule has 4 nitrogen and oxygen atoms in total. The minimum Gasteiger partial charge on any atom is -0.413 e. The fraction of sp³-hybridized carbons (Fsp3) is 0.850. The Bertz CT molecular complexity index is 1080. The average Bonchev–Trinajstić information content (AvgIpc) is 3.58. The van der Waals surface area contributed by atoms with Crippen molar-refractivity contribution in [2.24, 2.45) is 23.2 Å². The van der Waals surface area contributed by atoms with Gasteiger partial charge in [0.2, 0.25) is 0 Å². The molecule has 0 spiro atoms. The fourth-order valence-corrected chi connectivity index (χ4v) is 16.3. The van der Waals surface area contributed by atoms with Crippen LogP contribution >= 0.6 is 0 Å². The second-order valence-corrected chi connectivity index (χ2v) is 26.4. The third kappa shape index (κ3) is 8.10. The predicted octanol–water partition coefficient (Wildman–Crippen LogP) is 11.1. The zero-order chi connectivity index (χ0) is 34.0. The Morgan fingerprint density at radius 2 is 1.54 bits per heavy atom. The molecule has 0 amide bonds. The van der Waals surface area contributed by atoms with Crippen LogP contribution in [-0.4, -0.2) is 51.8 Å². The highest BCUT2D eigenvalue weighted by Crippen LogP contribution is 2.62. The highest BCUT2D eigenvalue weighted by atomic mass is 28.4. The first-order valence-corrected chi connectivity index (χ1v) is 24.5. The highest BCUT2D eigenvalue weighted by Gasteiger charge is 2.58. The predicted molar refractivity (Wildman–Crippen MR) is 200 cm³/mol. The summed E-state index contributed by atoms with van der Waals surface area (Å²) >= 11 is 0. The summed E-state index contributed by atoms with van der Waals surface area (Å²) in [4.78, 5) is 0. The van der Waals surface area contributed by atoms with Gasteiger partial charge in [0.25, 0.3) is 0 Å². The number of hydrogen-bond acceptors (Lipinski definition) is 4. The Balaban J connectivity index is 1.59. The lowest BCUT2D eigenvalue weighted by Gasteiger charge is -2.47. The Morgan fingerprint density at radius 3 is 2.13 bits per heavy atom. The van der Waals surface area contributed by atoms with Crippen molar-refractivity contribution >= 4 is 16.6 Å². The van der Waals surface area contributed by atoms with Gasteiger partial charge in [0, 0.05) is 6.42 Å². The molecule has 1 aliphatic heterocycles. The van der Waals surface area contributed by atoms with Gasteiger partial charge in [-0.05, 0) is 143 Å².